The number of hydrogen-bond acceptors (Lipinski definition) is 6. The number of amides is 2. The molecule has 2 aliphatic rings. The number of carbonyl (C=O) groups is 2. The Kier molecular flexibility index (Phi) is 9.83. The van der Waals surface area contributed by atoms with E-state index >= 15 is 0 Å². The number of rotatable bonds is 7. The molecule has 2 heterocycles. The summed E-state index contributed by atoms with van der Waals surface area (Å²) in [5, 5.41) is 23.7. The predicted octanol–water partition coefficient (Wildman–Crippen LogP) is 3.90. The second-order valence-corrected chi connectivity index (χ2v) is 10.6. The van der Waals surface area contributed by atoms with Crippen molar-refractivity contribution < 1.29 is 19.8 Å². The van der Waals surface area contributed by atoms with Crippen molar-refractivity contribution in [1.29, 1.82) is 0 Å². The first-order valence-corrected chi connectivity index (χ1v) is 13.1. The molecule has 2 aliphatic heterocycles. The van der Waals surface area contributed by atoms with Gasteiger partial charge in [0.1, 0.15) is 6.23 Å². The van der Waals surface area contributed by atoms with Gasteiger partial charge in [-0.3, -0.25) is 9.59 Å². The quantitative estimate of drug-likeness (QED) is 0.473. The largest absolute Gasteiger partial charge is 0.393 e. The number of piperidine rings is 1. The predicted molar refractivity (Wildman–Crippen MR) is 150 cm³/mol. The van der Waals surface area contributed by atoms with Gasteiger partial charge in [-0.1, -0.05) is 51.1 Å². The van der Waals surface area contributed by atoms with E-state index in [0.717, 1.165) is 5.56 Å². The van der Waals surface area contributed by atoms with Crippen LogP contribution in [0, 0.1) is 5.41 Å². The summed E-state index contributed by atoms with van der Waals surface area (Å²) in [6, 6.07) is 7.38. The Labute approximate surface area is 225 Å². The molecule has 1 aromatic rings. The summed E-state index contributed by atoms with van der Waals surface area (Å²) in [4.78, 5) is 33.7. The molecule has 204 valence electrons. The van der Waals surface area contributed by atoms with E-state index in [1.54, 1.807) is 28.3 Å². The monoisotopic (exact) mass is 520 g/mol. The third kappa shape index (κ3) is 7.52. The van der Waals surface area contributed by atoms with Gasteiger partial charge in [-0.15, -0.1) is 0 Å². The summed E-state index contributed by atoms with van der Waals surface area (Å²) < 4.78 is 0. The molecule has 2 amide bonds. The summed E-state index contributed by atoms with van der Waals surface area (Å²) >= 11 is 0. The van der Waals surface area contributed by atoms with Crippen LogP contribution in [0.5, 0.6) is 0 Å². The smallest absolute Gasteiger partial charge is 0.253 e. The van der Waals surface area contributed by atoms with Crippen molar-refractivity contribution >= 4 is 18.2 Å². The van der Waals surface area contributed by atoms with Crippen molar-refractivity contribution in [3.8, 4) is 0 Å². The molecule has 0 aromatic heterocycles. The maximum absolute atomic E-state index is 12.9. The standard InChI is InChI=1S/C30H40N4O4/c1-6-9-24(25(10-7-2)32-29(38)30(3,4)5)26-18-27(36)34(20-31-26)19-21-11-8-12-22(17-21)28(37)33-15-13-23(35)14-16-33/h6-12,17-18,20,23,27,35-36H,13-16,19H2,1-5H3,(H,32,38)/b9-6-,10-7+,25-24-. The van der Waals surface area contributed by atoms with Gasteiger partial charge in [0.15, 0.2) is 0 Å². The number of nitrogens with one attached hydrogen (secondary N) is 1. The van der Waals surface area contributed by atoms with Crippen molar-refractivity contribution in [2.45, 2.75) is 66.3 Å². The van der Waals surface area contributed by atoms with Gasteiger partial charge < -0.3 is 25.3 Å². The highest BCUT2D eigenvalue weighted by Crippen LogP contribution is 2.24. The Hall–Kier alpha value is -3.49. The summed E-state index contributed by atoms with van der Waals surface area (Å²) in [7, 11) is 0. The van der Waals surface area contributed by atoms with Gasteiger partial charge in [0, 0.05) is 41.9 Å². The van der Waals surface area contributed by atoms with Crippen LogP contribution in [0.4, 0.5) is 0 Å². The second kappa shape index (κ2) is 12.8. The summed E-state index contributed by atoms with van der Waals surface area (Å²) in [5.41, 5.74) is 2.72. The van der Waals surface area contributed by atoms with Crippen LogP contribution in [0.25, 0.3) is 0 Å². The molecule has 1 saturated heterocycles. The summed E-state index contributed by atoms with van der Waals surface area (Å²) in [5.74, 6) is -0.172. The van der Waals surface area contributed by atoms with E-state index in [9.17, 15) is 19.8 Å². The maximum Gasteiger partial charge on any atom is 0.253 e. The SMILES string of the molecule is C\C=C/C(C1=CC(O)N(Cc2cccc(C(=O)N3CCC(O)CC3)c2)C=N1)=C(\C=C\C)NC(=O)C(C)(C)C. The van der Waals surface area contributed by atoms with E-state index in [0.29, 0.717) is 55.0 Å². The molecule has 1 atom stereocenters. The fourth-order valence-corrected chi connectivity index (χ4v) is 4.20. The number of allylic oxidation sites excluding steroid dienone is 4. The fraction of sp³-hybridized carbons (Fsp3) is 0.433. The zero-order chi connectivity index (χ0) is 27.9. The van der Waals surface area contributed by atoms with Gasteiger partial charge in [-0.2, -0.15) is 0 Å². The van der Waals surface area contributed by atoms with Crippen LogP contribution in [0.3, 0.4) is 0 Å². The van der Waals surface area contributed by atoms with E-state index < -0.39 is 11.6 Å². The van der Waals surface area contributed by atoms with E-state index in [2.05, 4.69) is 10.3 Å². The van der Waals surface area contributed by atoms with Crippen LogP contribution in [0.1, 0.15) is 63.4 Å². The molecule has 0 aliphatic carbocycles. The van der Waals surface area contributed by atoms with E-state index in [-0.39, 0.29) is 17.9 Å². The molecule has 8 nitrogen and oxygen atoms in total. The minimum atomic E-state index is -0.948. The minimum absolute atomic E-state index is 0.0521. The molecular formula is C30H40N4O4. The van der Waals surface area contributed by atoms with Gasteiger partial charge in [0.05, 0.1) is 18.1 Å². The number of carbonyl (C=O) groups excluding carboxylic acids is 2. The number of benzene rings is 1. The van der Waals surface area contributed by atoms with E-state index in [1.165, 1.54) is 0 Å². The minimum Gasteiger partial charge on any atom is -0.393 e. The topological polar surface area (TPSA) is 105 Å². The summed E-state index contributed by atoms with van der Waals surface area (Å²) in [6.45, 7) is 10.8. The number of aliphatic hydroxyl groups excluding tert-OH is 2. The molecular weight excluding hydrogens is 480 g/mol. The van der Waals surface area contributed by atoms with Crippen LogP contribution >= 0.6 is 0 Å². The number of aliphatic imine (C=N–C) groups is 1. The molecule has 3 rings (SSSR count). The maximum atomic E-state index is 12.9. The average molecular weight is 521 g/mol. The molecule has 38 heavy (non-hydrogen) atoms. The van der Waals surface area contributed by atoms with Crippen molar-refractivity contribution in [2.75, 3.05) is 13.1 Å². The molecule has 0 spiro atoms. The van der Waals surface area contributed by atoms with Crippen molar-refractivity contribution in [3.63, 3.8) is 0 Å². The number of aliphatic hydroxyl groups is 2. The molecule has 1 unspecified atom stereocenters. The Morgan fingerprint density at radius 3 is 2.39 bits per heavy atom. The van der Waals surface area contributed by atoms with Crippen LogP contribution in [0.2, 0.25) is 0 Å². The molecule has 3 N–H and O–H groups in total. The van der Waals surface area contributed by atoms with Crippen molar-refractivity contribution in [2.24, 2.45) is 10.4 Å². The number of hydrogen-bond donors (Lipinski definition) is 3. The van der Waals surface area contributed by atoms with Crippen molar-refractivity contribution in [3.05, 3.63) is 82.7 Å². The van der Waals surface area contributed by atoms with Crippen LogP contribution in [-0.2, 0) is 11.3 Å². The van der Waals surface area contributed by atoms with Crippen molar-refractivity contribution in [1.82, 2.24) is 15.1 Å². The zero-order valence-corrected chi connectivity index (χ0v) is 23.0. The Balaban J connectivity index is 1.78. The van der Waals surface area contributed by atoms with Gasteiger partial charge in [-0.05, 0) is 56.5 Å². The molecule has 0 bridgehead atoms. The Morgan fingerprint density at radius 1 is 1.11 bits per heavy atom. The third-order valence-electron chi connectivity index (χ3n) is 6.44. The molecule has 0 radical (unpaired) electrons. The van der Waals surface area contributed by atoms with E-state index in [4.69, 9.17) is 0 Å². The Morgan fingerprint density at radius 2 is 1.79 bits per heavy atom. The van der Waals surface area contributed by atoms with Gasteiger partial charge in [0.25, 0.3) is 5.91 Å². The average Bonchev–Trinajstić information content (AvgIpc) is 2.88. The highest BCUT2D eigenvalue weighted by atomic mass is 16.3. The normalized spacial score (nSPS) is 19.7. The van der Waals surface area contributed by atoms with E-state index in [1.807, 2.05) is 77.1 Å². The lowest BCUT2D eigenvalue weighted by Gasteiger charge is -2.30. The molecule has 8 heteroatoms. The lowest BCUT2D eigenvalue weighted by molar-refractivity contribution is -0.127. The van der Waals surface area contributed by atoms with Gasteiger partial charge in [0.2, 0.25) is 5.91 Å². The highest BCUT2D eigenvalue weighted by Gasteiger charge is 2.25. The first-order valence-electron chi connectivity index (χ1n) is 13.1. The zero-order valence-electron chi connectivity index (χ0n) is 23.0. The summed E-state index contributed by atoms with van der Waals surface area (Å²) in [6.07, 6.45) is 10.5. The van der Waals surface area contributed by atoms with Crippen LogP contribution < -0.4 is 5.32 Å². The van der Waals surface area contributed by atoms with Gasteiger partial charge in [-0.25, -0.2) is 4.99 Å². The van der Waals surface area contributed by atoms with Gasteiger partial charge >= 0.3 is 0 Å². The lowest BCUT2D eigenvalue weighted by Crippen LogP contribution is -2.40. The fourth-order valence-electron chi connectivity index (χ4n) is 4.20. The number of nitrogens with zero attached hydrogens (tertiary/aromatic N) is 3. The van der Waals surface area contributed by atoms with Crippen LogP contribution in [0.15, 0.2) is 76.6 Å². The molecule has 0 saturated carbocycles. The number of likely N-dealkylation sites (tertiary alicyclic amines) is 1. The highest BCUT2D eigenvalue weighted by molar-refractivity contribution is 5.94. The molecule has 1 aromatic carbocycles. The first-order chi connectivity index (χ1) is 18.0. The molecule has 1 fully saturated rings. The van der Waals surface area contributed by atoms with Crippen LogP contribution in [-0.4, -0.2) is 63.6 Å². The first kappa shape index (κ1) is 29.1. The lowest BCUT2D eigenvalue weighted by atomic mass is 9.95. The Bertz CT molecular complexity index is 1160. The second-order valence-electron chi connectivity index (χ2n) is 10.6. The third-order valence-corrected chi connectivity index (χ3v) is 6.44.